The third kappa shape index (κ3) is 4.72. The zero-order chi connectivity index (χ0) is 23.5. The summed E-state index contributed by atoms with van der Waals surface area (Å²) < 4.78 is 31.2. The standard InChI is InChI=1S/C23H25N7O3S/c1-28(34(31)32)16-17-4-2-3-5-20(17)21-8-6-19-15-25-23(27-30(19)21)26-22-9-7-18(14-24-22)29-10-12-33-13-11-29/h2-9,14-15,34H,10-13,16H2,1H3,(H,24,26,27). The van der Waals surface area contributed by atoms with Crippen LogP contribution in [0.25, 0.3) is 16.8 Å². The van der Waals surface area contributed by atoms with Crippen LogP contribution in [-0.4, -0.2) is 65.7 Å². The lowest BCUT2D eigenvalue weighted by molar-refractivity contribution is 0.122. The van der Waals surface area contributed by atoms with Crippen LogP contribution in [0.1, 0.15) is 5.56 Å². The number of anilines is 3. The highest BCUT2D eigenvalue weighted by atomic mass is 32.2. The molecule has 0 aliphatic carbocycles. The Hall–Kier alpha value is -3.54. The molecule has 0 bridgehead atoms. The van der Waals surface area contributed by atoms with Crippen LogP contribution in [-0.2, 0) is 22.2 Å². The molecule has 1 aromatic carbocycles. The Kier molecular flexibility index (Phi) is 6.39. The largest absolute Gasteiger partial charge is 0.378 e. The molecule has 11 heteroatoms. The molecule has 1 saturated heterocycles. The Bertz CT molecular complexity index is 1360. The summed E-state index contributed by atoms with van der Waals surface area (Å²) in [5.74, 6) is 1.06. The van der Waals surface area contributed by atoms with E-state index < -0.39 is 10.9 Å². The van der Waals surface area contributed by atoms with E-state index in [0.717, 1.165) is 54.3 Å². The van der Waals surface area contributed by atoms with Gasteiger partial charge in [-0.05, 0) is 29.8 Å². The molecular weight excluding hydrogens is 454 g/mol. The van der Waals surface area contributed by atoms with Crippen molar-refractivity contribution in [1.29, 1.82) is 0 Å². The predicted molar refractivity (Wildman–Crippen MR) is 131 cm³/mol. The maximum absolute atomic E-state index is 11.4. The third-order valence-corrected chi connectivity index (χ3v) is 6.43. The van der Waals surface area contributed by atoms with E-state index in [1.807, 2.05) is 54.7 Å². The van der Waals surface area contributed by atoms with Gasteiger partial charge in [0.05, 0.1) is 42.5 Å². The molecule has 0 atom stereocenters. The number of fused-ring (bicyclic) bond motifs is 1. The number of nitrogens with zero attached hydrogens (tertiary/aromatic N) is 6. The molecule has 34 heavy (non-hydrogen) atoms. The molecular formula is C23H25N7O3S. The van der Waals surface area contributed by atoms with Crippen molar-refractivity contribution in [3.8, 4) is 11.3 Å². The van der Waals surface area contributed by atoms with Crippen molar-refractivity contribution in [2.45, 2.75) is 6.54 Å². The number of nitrogens with one attached hydrogen (secondary N) is 1. The van der Waals surface area contributed by atoms with Gasteiger partial charge in [0.1, 0.15) is 5.82 Å². The van der Waals surface area contributed by atoms with E-state index in [1.165, 1.54) is 4.31 Å². The first-order valence-corrected chi connectivity index (χ1v) is 12.1. The SMILES string of the molecule is CN(Cc1ccccc1-c1ccc2cnc(Nc3ccc(N4CCOCC4)cn3)nn12)[SH](=O)=O. The lowest BCUT2D eigenvalue weighted by Gasteiger charge is -2.28. The first-order chi connectivity index (χ1) is 16.6. The van der Waals surface area contributed by atoms with Gasteiger partial charge in [0.2, 0.25) is 16.8 Å². The highest BCUT2D eigenvalue weighted by molar-refractivity contribution is 7.69. The second-order valence-electron chi connectivity index (χ2n) is 7.97. The summed E-state index contributed by atoms with van der Waals surface area (Å²) in [5, 5.41) is 7.84. The van der Waals surface area contributed by atoms with Gasteiger partial charge >= 0.3 is 0 Å². The lowest BCUT2D eigenvalue weighted by Crippen LogP contribution is -2.36. The van der Waals surface area contributed by atoms with E-state index in [4.69, 9.17) is 4.74 Å². The molecule has 4 aromatic rings. The van der Waals surface area contributed by atoms with Gasteiger partial charge < -0.3 is 15.0 Å². The minimum absolute atomic E-state index is 0.276. The number of thiol groups is 1. The van der Waals surface area contributed by atoms with Crippen molar-refractivity contribution in [1.82, 2.24) is 23.9 Å². The fourth-order valence-electron chi connectivity index (χ4n) is 3.96. The van der Waals surface area contributed by atoms with Crippen LogP contribution in [0.15, 0.2) is 60.9 Å². The van der Waals surface area contributed by atoms with Crippen molar-refractivity contribution < 1.29 is 13.2 Å². The van der Waals surface area contributed by atoms with E-state index in [-0.39, 0.29) is 6.54 Å². The van der Waals surface area contributed by atoms with Crippen LogP contribution >= 0.6 is 0 Å². The summed E-state index contributed by atoms with van der Waals surface area (Å²) in [7, 11) is -1.10. The number of hydrogen-bond acceptors (Lipinski definition) is 8. The van der Waals surface area contributed by atoms with E-state index in [2.05, 4.69) is 25.3 Å². The van der Waals surface area contributed by atoms with E-state index >= 15 is 0 Å². The molecule has 1 aliphatic rings. The maximum Gasteiger partial charge on any atom is 0.246 e. The summed E-state index contributed by atoms with van der Waals surface area (Å²) in [6, 6.07) is 15.5. The zero-order valence-corrected chi connectivity index (χ0v) is 19.6. The molecule has 1 aliphatic heterocycles. The number of pyridine rings is 1. The quantitative estimate of drug-likeness (QED) is 0.389. The molecule has 1 N–H and O–H groups in total. The monoisotopic (exact) mass is 479 g/mol. The van der Waals surface area contributed by atoms with Crippen molar-refractivity contribution in [3.05, 3.63) is 66.5 Å². The van der Waals surface area contributed by atoms with Crippen molar-refractivity contribution in [3.63, 3.8) is 0 Å². The summed E-state index contributed by atoms with van der Waals surface area (Å²) in [6.07, 6.45) is 3.57. The Labute approximate surface area is 198 Å². The first kappa shape index (κ1) is 22.3. The molecule has 3 aromatic heterocycles. The summed E-state index contributed by atoms with van der Waals surface area (Å²) in [5.41, 5.74) is 4.52. The third-order valence-electron chi connectivity index (χ3n) is 5.73. The predicted octanol–water partition coefficient (Wildman–Crippen LogP) is 2.33. The molecule has 5 rings (SSSR count). The topological polar surface area (TPSA) is 105 Å². The molecule has 0 unspecified atom stereocenters. The molecule has 0 saturated carbocycles. The highest BCUT2D eigenvalue weighted by Crippen LogP contribution is 2.27. The van der Waals surface area contributed by atoms with Gasteiger partial charge in [0, 0.05) is 32.2 Å². The minimum Gasteiger partial charge on any atom is -0.378 e. The van der Waals surface area contributed by atoms with Crippen molar-refractivity contribution in [2.24, 2.45) is 0 Å². The summed E-state index contributed by atoms with van der Waals surface area (Å²) >= 11 is 0. The molecule has 10 nitrogen and oxygen atoms in total. The van der Waals surface area contributed by atoms with Crippen LogP contribution in [0.3, 0.4) is 0 Å². The van der Waals surface area contributed by atoms with Crippen LogP contribution in [0.5, 0.6) is 0 Å². The van der Waals surface area contributed by atoms with Crippen LogP contribution in [0, 0.1) is 0 Å². The maximum atomic E-state index is 11.4. The van der Waals surface area contributed by atoms with Gasteiger partial charge in [-0.2, -0.15) is 0 Å². The first-order valence-electron chi connectivity index (χ1n) is 10.9. The van der Waals surface area contributed by atoms with Gasteiger partial charge in [-0.3, -0.25) is 0 Å². The van der Waals surface area contributed by atoms with E-state index in [1.54, 1.807) is 17.8 Å². The van der Waals surface area contributed by atoms with Crippen LogP contribution < -0.4 is 10.2 Å². The molecule has 0 radical (unpaired) electrons. The molecule has 1 fully saturated rings. The number of hydrogen-bond donors (Lipinski definition) is 2. The molecule has 0 spiro atoms. The van der Waals surface area contributed by atoms with E-state index in [9.17, 15) is 8.42 Å². The summed E-state index contributed by atoms with van der Waals surface area (Å²) in [6.45, 7) is 3.43. The number of rotatable bonds is 7. The van der Waals surface area contributed by atoms with Crippen LogP contribution in [0.4, 0.5) is 17.5 Å². The van der Waals surface area contributed by atoms with Gasteiger partial charge in [0.25, 0.3) is 0 Å². The Morgan fingerprint density at radius 3 is 2.62 bits per heavy atom. The lowest BCUT2D eigenvalue weighted by atomic mass is 10.0. The Morgan fingerprint density at radius 1 is 1.03 bits per heavy atom. The molecule has 0 amide bonds. The van der Waals surface area contributed by atoms with Crippen molar-refractivity contribution in [2.75, 3.05) is 43.6 Å². The fraction of sp³-hybridized carbons (Fsp3) is 0.261. The second-order valence-corrected chi connectivity index (χ2v) is 9.13. The smallest absolute Gasteiger partial charge is 0.246 e. The number of aromatic nitrogens is 4. The van der Waals surface area contributed by atoms with E-state index in [0.29, 0.717) is 11.8 Å². The van der Waals surface area contributed by atoms with Crippen LogP contribution in [0.2, 0.25) is 0 Å². The van der Waals surface area contributed by atoms with Gasteiger partial charge in [-0.25, -0.2) is 27.2 Å². The molecule has 4 heterocycles. The van der Waals surface area contributed by atoms with Gasteiger partial charge in [-0.15, -0.1) is 5.10 Å². The summed E-state index contributed by atoms with van der Waals surface area (Å²) in [4.78, 5) is 11.2. The average Bonchev–Trinajstić information content (AvgIpc) is 3.28. The zero-order valence-electron chi connectivity index (χ0n) is 18.7. The number of morpholine rings is 1. The van der Waals surface area contributed by atoms with Gasteiger partial charge in [-0.1, -0.05) is 24.3 Å². The average molecular weight is 480 g/mol. The highest BCUT2D eigenvalue weighted by Gasteiger charge is 2.14. The Balaban J connectivity index is 1.41. The normalized spacial score (nSPS) is 14.3. The number of ether oxygens (including phenoxy) is 1. The molecule has 176 valence electrons. The number of benzene rings is 1. The van der Waals surface area contributed by atoms with Crippen molar-refractivity contribution >= 4 is 33.9 Å². The second kappa shape index (κ2) is 9.75. The fourth-order valence-corrected chi connectivity index (χ4v) is 4.23. The minimum atomic E-state index is -2.66. The van der Waals surface area contributed by atoms with Gasteiger partial charge in [0.15, 0.2) is 0 Å². The Morgan fingerprint density at radius 2 is 1.85 bits per heavy atom.